The molecule has 0 N–H and O–H groups in total. The number of rotatable bonds is 2. The highest BCUT2D eigenvalue weighted by Crippen LogP contribution is 1.94. The molecule has 0 aliphatic rings. The van der Waals surface area contributed by atoms with Gasteiger partial charge in [-0.3, -0.25) is 0 Å². The van der Waals surface area contributed by atoms with Gasteiger partial charge in [-0.1, -0.05) is 54.4 Å². The summed E-state index contributed by atoms with van der Waals surface area (Å²) in [6.07, 6.45) is 7.49. The average Bonchev–Trinajstić information content (AvgIpc) is 2.32. The van der Waals surface area contributed by atoms with Crippen molar-refractivity contribution in [1.82, 2.24) is 9.97 Å². The van der Waals surface area contributed by atoms with E-state index in [1.165, 1.54) is 19.2 Å². The van der Waals surface area contributed by atoms with Crippen molar-refractivity contribution in [3.05, 3.63) is 24.8 Å². The minimum Gasteiger partial charge on any atom is -0.245 e. The molecule has 2 heteroatoms. The van der Waals surface area contributed by atoms with E-state index in [0.717, 1.165) is 11.8 Å². The highest BCUT2D eigenvalue weighted by molar-refractivity contribution is 4.74. The van der Waals surface area contributed by atoms with E-state index in [9.17, 15) is 0 Å². The smallest absolute Gasteiger partial charge is 0.115 e. The van der Waals surface area contributed by atoms with Gasteiger partial charge in [0.25, 0.3) is 0 Å². The van der Waals surface area contributed by atoms with Crippen LogP contribution in [0.4, 0.5) is 0 Å². The zero-order valence-corrected chi connectivity index (χ0v) is 11.8. The lowest BCUT2D eigenvalue weighted by atomic mass is 10.2. The van der Waals surface area contributed by atoms with Crippen LogP contribution in [0, 0.1) is 11.8 Å². The van der Waals surface area contributed by atoms with Gasteiger partial charge in [0.05, 0.1) is 0 Å². The standard InChI is InChI=1S/2C5H12.C4H4N2/c2*1-4-5(2)3;1-2-5-4-6-3-1/h2*5H,4H2,1-3H3;1-4H. The van der Waals surface area contributed by atoms with Gasteiger partial charge in [0, 0.05) is 12.4 Å². The maximum atomic E-state index is 3.67. The molecule has 0 amide bonds. The molecule has 2 nitrogen and oxygen atoms in total. The Labute approximate surface area is 102 Å². The van der Waals surface area contributed by atoms with Crippen molar-refractivity contribution in [2.75, 3.05) is 0 Å². The summed E-state index contributed by atoms with van der Waals surface area (Å²) in [6.45, 7) is 13.3. The lowest BCUT2D eigenvalue weighted by molar-refractivity contribution is 0.626. The van der Waals surface area contributed by atoms with Crippen LogP contribution in [0.2, 0.25) is 0 Å². The molecule has 0 spiro atoms. The van der Waals surface area contributed by atoms with Crippen LogP contribution in [0.5, 0.6) is 0 Å². The molecule has 0 bridgehead atoms. The molecule has 0 atom stereocenters. The molecule has 0 aromatic carbocycles. The first kappa shape index (κ1) is 17.5. The molecule has 1 heterocycles. The molecule has 0 fully saturated rings. The Morgan fingerprint density at radius 3 is 1.19 bits per heavy atom. The summed E-state index contributed by atoms with van der Waals surface area (Å²) in [5.41, 5.74) is 0. The lowest BCUT2D eigenvalue weighted by Crippen LogP contribution is -1.77. The van der Waals surface area contributed by atoms with Crippen molar-refractivity contribution in [2.45, 2.75) is 54.4 Å². The van der Waals surface area contributed by atoms with E-state index in [1.807, 2.05) is 0 Å². The molecule has 0 saturated carbocycles. The second kappa shape index (κ2) is 14.1. The first-order valence-electron chi connectivity index (χ1n) is 6.24. The Hall–Kier alpha value is -0.920. The van der Waals surface area contributed by atoms with E-state index in [0.29, 0.717) is 0 Å². The molecule has 1 rings (SSSR count). The van der Waals surface area contributed by atoms with E-state index in [-0.39, 0.29) is 0 Å². The van der Waals surface area contributed by atoms with Crippen LogP contribution in [-0.2, 0) is 0 Å². The Kier molecular flexibility index (Phi) is 15.4. The molecule has 0 unspecified atom stereocenters. The number of aromatic nitrogens is 2. The van der Waals surface area contributed by atoms with E-state index >= 15 is 0 Å². The van der Waals surface area contributed by atoms with Crippen LogP contribution in [0.1, 0.15) is 54.4 Å². The van der Waals surface area contributed by atoms with Crippen molar-refractivity contribution in [3.8, 4) is 0 Å². The molecule has 0 saturated heterocycles. The summed E-state index contributed by atoms with van der Waals surface area (Å²) in [4.78, 5) is 7.35. The molecular formula is C14H28N2. The van der Waals surface area contributed by atoms with Crippen molar-refractivity contribution in [2.24, 2.45) is 11.8 Å². The monoisotopic (exact) mass is 224 g/mol. The summed E-state index contributed by atoms with van der Waals surface area (Å²) >= 11 is 0. The van der Waals surface area contributed by atoms with Gasteiger partial charge in [0.2, 0.25) is 0 Å². The summed E-state index contributed by atoms with van der Waals surface area (Å²) < 4.78 is 0. The van der Waals surface area contributed by atoms with Crippen molar-refractivity contribution in [3.63, 3.8) is 0 Å². The van der Waals surface area contributed by atoms with Crippen LogP contribution >= 0.6 is 0 Å². The minimum atomic E-state index is 0.884. The Balaban J connectivity index is 0. The molecule has 16 heavy (non-hydrogen) atoms. The fourth-order valence-electron chi connectivity index (χ4n) is 0.253. The van der Waals surface area contributed by atoms with E-state index in [2.05, 4.69) is 51.5 Å². The number of nitrogens with zero attached hydrogens (tertiary/aromatic N) is 2. The van der Waals surface area contributed by atoms with Crippen LogP contribution in [0.3, 0.4) is 0 Å². The maximum Gasteiger partial charge on any atom is 0.115 e. The Bertz CT molecular complexity index is 160. The highest BCUT2D eigenvalue weighted by Gasteiger charge is 1.80. The lowest BCUT2D eigenvalue weighted by Gasteiger charge is -1.90. The molecule has 0 aliphatic carbocycles. The largest absolute Gasteiger partial charge is 0.245 e. The van der Waals surface area contributed by atoms with Gasteiger partial charge < -0.3 is 0 Å². The summed E-state index contributed by atoms with van der Waals surface area (Å²) in [5, 5.41) is 0. The third-order valence-corrected chi connectivity index (χ3v) is 2.11. The van der Waals surface area contributed by atoms with Crippen LogP contribution in [0.15, 0.2) is 24.8 Å². The topological polar surface area (TPSA) is 25.8 Å². The Morgan fingerprint density at radius 1 is 0.812 bits per heavy atom. The van der Waals surface area contributed by atoms with Gasteiger partial charge >= 0.3 is 0 Å². The second-order valence-electron chi connectivity index (χ2n) is 4.51. The predicted molar refractivity (Wildman–Crippen MR) is 72.3 cm³/mol. The molecule has 1 aromatic heterocycles. The molecule has 0 radical (unpaired) electrons. The minimum absolute atomic E-state index is 0.884. The van der Waals surface area contributed by atoms with Crippen LogP contribution in [-0.4, -0.2) is 9.97 Å². The first-order chi connectivity index (χ1) is 7.54. The van der Waals surface area contributed by atoms with Gasteiger partial charge in [-0.2, -0.15) is 0 Å². The van der Waals surface area contributed by atoms with Crippen LogP contribution in [0.25, 0.3) is 0 Å². The van der Waals surface area contributed by atoms with Gasteiger partial charge in [-0.05, 0) is 17.9 Å². The van der Waals surface area contributed by atoms with E-state index < -0.39 is 0 Å². The molecular weight excluding hydrogens is 196 g/mol. The van der Waals surface area contributed by atoms with Crippen LogP contribution < -0.4 is 0 Å². The van der Waals surface area contributed by atoms with Crippen molar-refractivity contribution in [1.29, 1.82) is 0 Å². The third kappa shape index (κ3) is 23.2. The van der Waals surface area contributed by atoms with Gasteiger partial charge in [-0.25, -0.2) is 9.97 Å². The number of hydrogen-bond donors (Lipinski definition) is 0. The maximum absolute atomic E-state index is 3.67. The van der Waals surface area contributed by atoms with Gasteiger partial charge in [-0.15, -0.1) is 0 Å². The van der Waals surface area contributed by atoms with Crippen molar-refractivity contribution < 1.29 is 0 Å². The van der Waals surface area contributed by atoms with Crippen molar-refractivity contribution >= 4 is 0 Å². The fourth-order valence-corrected chi connectivity index (χ4v) is 0.253. The predicted octanol–water partition coefficient (Wildman–Crippen LogP) is 4.58. The Morgan fingerprint density at radius 2 is 1.12 bits per heavy atom. The molecule has 94 valence electrons. The zero-order valence-electron chi connectivity index (χ0n) is 11.8. The second-order valence-corrected chi connectivity index (χ2v) is 4.51. The molecule has 0 aliphatic heterocycles. The zero-order chi connectivity index (χ0) is 12.8. The fraction of sp³-hybridized carbons (Fsp3) is 0.714. The first-order valence-corrected chi connectivity index (χ1v) is 6.24. The SMILES string of the molecule is CCC(C)C.CCC(C)C.c1cncnc1. The molecule has 1 aromatic rings. The van der Waals surface area contributed by atoms with E-state index in [1.54, 1.807) is 18.5 Å². The highest BCUT2D eigenvalue weighted by atomic mass is 14.8. The summed E-state index contributed by atoms with van der Waals surface area (Å²) in [7, 11) is 0. The third-order valence-electron chi connectivity index (χ3n) is 2.11. The average molecular weight is 224 g/mol. The normalized spacial score (nSPS) is 9.00. The van der Waals surface area contributed by atoms with E-state index in [4.69, 9.17) is 0 Å². The van der Waals surface area contributed by atoms with Gasteiger partial charge in [0.1, 0.15) is 6.33 Å². The summed E-state index contributed by atoms with van der Waals surface area (Å²) in [5.74, 6) is 1.77. The summed E-state index contributed by atoms with van der Waals surface area (Å²) in [6, 6.07) is 1.78. The van der Waals surface area contributed by atoms with Gasteiger partial charge in [0.15, 0.2) is 0 Å². The number of hydrogen-bond acceptors (Lipinski definition) is 2. The quantitative estimate of drug-likeness (QED) is 0.734.